The smallest absolute Gasteiger partial charge is 0.322 e. The number of carboxylic acid groups (broad SMARTS) is 1. The van der Waals surface area contributed by atoms with Crippen LogP contribution in [0.25, 0.3) is 0 Å². The number of carbonyl (C=O) groups is 10. The molecule has 0 aliphatic carbocycles. The van der Waals surface area contributed by atoms with Crippen molar-refractivity contribution in [3.05, 3.63) is 164 Å². The number of nitrogens with one attached hydrogen (secondary N) is 18. The molecule has 498 valence electrons. The number of carboxylic acids is 1. The highest BCUT2D eigenvalue weighted by Crippen LogP contribution is 2.12. The van der Waals surface area contributed by atoms with Crippen molar-refractivity contribution in [1.29, 1.82) is 0 Å². The summed E-state index contributed by atoms with van der Waals surface area (Å²) in [5, 5.41) is 32.9. The fourth-order valence-corrected chi connectivity index (χ4v) is 9.76. The second-order valence-electron chi connectivity index (χ2n) is 21.6. The first-order valence-electron chi connectivity index (χ1n) is 29.4. The normalized spacial score (nSPS) is 14.0. The molecule has 0 radical (unpaired) electrons. The molecular formula is C56H68N28O11. The van der Waals surface area contributed by atoms with Crippen molar-refractivity contribution in [3.8, 4) is 0 Å². The number of aromatic nitrogens is 18. The second-order valence-corrected chi connectivity index (χ2v) is 21.6. The van der Waals surface area contributed by atoms with Gasteiger partial charge in [0, 0.05) is 114 Å². The van der Waals surface area contributed by atoms with E-state index in [4.69, 9.17) is 5.73 Å². The number of imidazole rings is 9. The maximum atomic E-state index is 15.0. The quantitative estimate of drug-likeness (QED) is 0.0172. The Hall–Kier alpha value is -12.5. The summed E-state index contributed by atoms with van der Waals surface area (Å²) >= 11 is 0. The summed E-state index contributed by atoms with van der Waals surface area (Å²) in [5.41, 5.74) is 9.15. The minimum absolute atomic E-state index is 0.0253. The molecule has 0 aliphatic heterocycles. The van der Waals surface area contributed by atoms with Crippen LogP contribution in [0.1, 0.15) is 51.2 Å². The van der Waals surface area contributed by atoms with Crippen LogP contribution in [0, 0.1) is 0 Å². The van der Waals surface area contributed by atoms with Crippen LogP contribution in [0.15, 0.2) is 113 Å². The Morgan fingerprint density at radius 1 is 0.284 bits per heavy atom. The van der Waals surface area contributed by atoms with Gasteiger partial charge >= 0.3 is 5.97 Å². The van der Waals surface area contributed by atoms with Crippen molar-refractivity contribution in [2.24, 2.45) is 5.73 Å². The van der Waals surface area contributed by atoms with Crippen molar-refractivity contribution < 1.29 is 53.1 Å². The first-order chi connectivity index (χ1) is 46.0. The minimum atomic E-state index is -1.58. The number of aromatic amines is 9. The van der Waals surface area contributed by atoms with Crippen molar-refractivity contribution in [3.63, 3.8) is 0 Å². The number of nitrogens with two attached hydrogens (primary N) is 1. The number of hydrogen-bond acceptors (Lipinski definition) is 20. The van der Waals surface area contributed by atoms with E-state index in [1.165, 1.54) is 107 Å². The first kappa shape index (κ1) is 67.0. The van der Waals surface area contributed by atoms with Gasteiger partial charge in [0.2, 0.25) is 53.2 Å². The highest BCUT2D eigenvalue weighted by Gasteiger charge is 2.37. The summed E-state index contributed by atoms with van der Waals surface area (Å²) in [6, 6.07) is -13.1. The molecule has 0 unspecified atom stereocenters. The fourth-order valence-electron chi connectivity index (χ4n) is 9.76. The van der Waals surface area contributed by atoms with E-state index in [0.29, 0.717) is 28.5 Å². The van der Waals surface area contributed by atoms with Gasteiger partial charge in [-0.05, 0) is 0 Å². The SMILES string of the molecule is N[C@@H](Cc1c[nH]cn1)C(=O)N[C@@H](Cc1c[nH]cn1)C(=O)N[C@@H](Cc1c[nH]cn1)C(=O)N[C@@H](Cc1c[nH]cn1)C(=O)N[C@@H](Cc1c[nH]cn1)C(=O)N[C@@H](Cc1c[nH]cn1)C(=O)N[C@@H](Cc1c[nH]cn1)C(=O)N[C@@H](Cc1c[nH]cn1)C(=O)N[C@@H](Cc1c[nH]cn1)C(=O)NCC(=O)O. The van der Waals surface area contributed by atoms with E-state index in [0.717, 1.165) is 0 Å². The van der Waals surface area contributed by atoms with Gasteiger partial charge in [-0.25, -0.2) is 44.9 Å². The Kier molecular flexibility index (Phi) is 23.3. The van der Waals surface area contributed by atoms with Crippen LogP contribution in [0.5, 0.6) is 0 Å². The minimum Gasteiger partial charge on any atom is -0.480 e. The average Bonchev–Trinajstić information content (AvgIpc) is 1.86. The predicted molar refractivity (Wildman–Crippen MR) is 325 cm³/mol. The van der Waals surface area contributed by atoms with Crippen molar-refractivity contribution in [2.75, 3.05) is 6.54 Å². The molecule has 0 spiro atoms. The molecule has 9 heterocycles. The Balaban J connectivity index is 0.945. The average molecular weight is 1310 g/mol. The third-order valence-corrected chi connectivity index (χ3v) is 14.5. The van der Waals surface area contributed by atoms with Crippen LogP contribution < -0.4 is 53.6 Å². The number of nitrogens with zero attached hydrogens (tertiary/aromatic N) is 9. The molecule has 0 saturated carbocycles. The number of aliphatic carboxylic acids is 1. The summed E-state index contributed by atoms with van der Waals surface area (Å²) in [6.07, 6.45) is 23.6. The summed E-state index contributed by atoms with van der Waals surface area (Å²) in [5.74, 6) is -9.37. The summed E-state index contributed by atoms with van der Waals surface area (Å²) in [7, 11) is 0. The molecule has 0 bridgehead atoms. The molecule has 0 aliphatic rings. The van der Waals surface area contributed by atoms with Gasteiger partial charge in [-0.15, -0.1) is 0 Å². The Morgan fingerprint density at radius 3 is 0.621 bits per heavy atom. The molecule has 21 N–H and O–H groups in total. The number of H-pyrrole nitrogens is 9. The zero-order valence-corrected chi connectivity index (χ0v) is 50.3. The largest absolute Gasteiger partial charge is 0.480 e. The van der Waals surface area contributed by atoms with E-state index in [9.17, 15) is 53.1 Å². The maximum absolute atomic E-state index is 15.0. The van der Waals surface area contributed by atoms with Crippen molar-refractivity contribution >= 4 is 59.1 Å². The number of hydrogen-bond donors (Lipinski definition) is 20. The van der Waals surface area contributed by atoms with Gasteiger partial charge in [-0.2, -0.15) is 0 Å². The monoisotopic (exact) mass is 1310 g/mol. The molecule has 9 atom stereocenters. The van der Waals surface area contributed by atoms with Gasteiger partial charge in [0.25, 0.3) is 0 Å². The molecule has 95 heavy (non-hydrogen) atoms. The molecule has 0 saturated heterocycles. The molecule has 9 rings (SSSR count). The molecular weight excluding hydrogens is 1240 g/mol. The zero-order chi connectivity index (χ0) is 67.1. The standard InChI is InChI=1S/C56H68N28O11/c57-38(1-29-10-58-20-68-29)48(87)77-40(3-31-12-60-22-70-31)50(89)79-42(5-33-14-62-24-72-33)52(91)81-44(7-35-16-64-26-74-35)54(93)83-46(9-37-18-66-28-76-37)56(95)84-45(8-36-17-65-27-75-36)55(94)82-43(6-34-15-63-25-73-34)53(92)80-41(4-32-13-61-23-71-32)51(90)78-39(2-30-11-59-21-69-30)49(88)67-19-47(85)86/h10-18,20-28,38-46H,1-9,19,57H2,(H,58,68)(H,59,69)(H,60,70)(H,61,71)(H,62,72)(H,63,73)(H,64,74)(H,65,75)(H,66,76)(H,67,88)(H,77,87)(H,78,90)(H,79,89)(H,80,92)(H,81,91)(H,82,94)(H,83,93)(H,84,95)(H,85,86)/t38-,39-,40-,41-,42-,43-,44-,45-,46-/m0/s1. The number of carbonyl (C=O) groups excluding carboxylic acids is 9. The van der Waals surface area contributed by atoms with Gasteiger partial charge in [-0.1, -0.05) is 0 Å². The molecule has 0 fully saturated rings. The van der Waals surface area contributed by atoms with Crippen LogP contribution in [0.3, 0.4) is 0 Å². The van der Waals surface area contributed by atoms with E-state index < -0.39 is 120 Å². The Morgan fingerprint density at radius 2 is 0.453 bits per heavy atom. The molecule has 39 nitrogen and oxygen atoms in total. The summed E-state index contributed by atoms with van der Waals surface area (Å²) in [6.45, 7) is -0.770. The van der Waals surface area contributed by atoms with Gasteiger partial charge in [-0.3, -0.25) is 47.9 Å². The number of amides is 9. The van der Waals surface area contributed by atoms with Crippen molar-refractivity contribution in [1.82, 2.24) is 138 Å². The lowest BCUT2D eigenvalue weighted by Crippen LogP contribution is -2.62. The number of rotatable bonds is 37. The predicted octanol–water partition coefficient (Wildman–Crippen LogP) is -5.91. The van der Waals surface area contributed by atoms with E-state index in [1.807, 2.05) is 0 Å². The highest BCUT2D eigenvalue weighted by molar-refractivity contribution is 5.99. The van der Waals surface area contributed by atoms with Crippen molar-refractivity contribution in [2.45, 2.75) is 112 Å². The Labute approximate surface area is 536 Å². The molecule has 0 aromatic carbocycles. The van der Waals surface area contributed by atoms with Gasteiger partial charge in [0.1, 0.15) is 54.9 Å². The van der Waals surface area contributed by atoms with Crippen LogP contribution in [0.4, 0.5) is 0 Å². The lowest BCUT2D eigenvalue weighted by molar-refractivity contribution is -0.138. The lowest BCUT2D eigenvalue weighted by Gasteiger charge is -2.28. The summed E-state index contributed by atoms with van der Waals surface area (Å²) in [4.78, 5) is 204. The first-order valence-corrected chi connectivity index (χ1v) is 29.4. The van der Waals surface area contributed by atoms with Gasteiger partial charge < -0.3 is 104 Å². The van der Waals surface area contributed by atoms with E-state index >= 15 is 0 Å². The third kappa shape index (κ3) is 20.3. The third-order valence-electron chi connectivity index (χ3n) is 14.5. The maximum Gasteiger partial charge on any atom is 0.322 e. The second kappa shape index (κ2) is 33.0. The van der Waals surface area contributed by atoms with Crippen LogP contribution in [-0.2, 0) is 106 Å². The summed E-state index contributed by atoms with van der Waals surface area (Å²) < 4.78 is 0. The molecule has 9 aromatic rings. The molecule has 39 heteroatoms. The molecule has 9 amide bonds. The van der Waals surface area contributed by atoms with Gasteiger partial charge in [0.05, 0.1) is 114 Å². The topological polar surface area (TPSA) is 583 Å². The van der Waals surface area contributed by atoms with Gasteiger partial charge in [0.15, 0.2) is 0 Å². The van der Waals surface area contributed by atoms with E-state index in [2.05, 4.69) is 138 Å². The van der Waals surface area contributed by atoms with E-state index in [-0.39, 0.29) is 80.6 Å². The lowest BCUT2D eigenvalue weighted by atomic mass is 10.0. The van der Waals surface area contributed by atoms with E-state index in [1.54, 1.807) is 6.20 Å². The zero-order valence-electron chi connectivity index (χ0n) is 50.3. The highest BCUT2D eigenvalue weighted by atomic mass is 16.4. The fraction of sp³-hybridized carbons (Fsp3) is 0.339. The van der Waals surface area contributed by atoms with Crippen LogP contribution >= 0.6 is 0 Å². The van der Waals surface area contributed by atoms with Crippen LogP contribution in [-0.4, -0.2) is 215 Å². The Bertz CT molecular complexity index is 3860. The van der Waals surface area contributed by atoms with Crippen LogP contribution in [0.2, 0.25) is 0 Å². The molecule has 9 aromatic heterocycles.